The van der Waals surface area contributed by atoms with E-state index in [2.05, 4.69) is 11.9 Å². The molecule has 3 rings (SSSR count). The Morgan fingerprint density at radius 2 is 1.82 bits per heavy atom. The van der Waals surface area contributed by atoms with Crippen molar-refractivity contribution in [2.75, 3.05) is 19.8 Å². The molecule has 8 nitrogen and oxygen atoms in total. The third-order valence-corrected chi connectivity index (χ3v) is 4.83. The number of imide groups is 2. The number of hydrogen-bond donors (Lipinski definition) is 1. The van der Waals surface area contributed by atoms with E-state index in [1.54, 1.807) is 48.5 Å². The lowest BCUT2D eigenvalue weighted by Gasteiger charge is -2.26. The van der Waals surface area contributed by atoms with E-state index in [1.165, 1.54) is 6.08 Å². The number of nitrogens with one attached hydrogen (secondary N) is 1. The molecular formula is C26H28N2O6. The van der Waals surface area contributed by atoms with Crippen molar-refractivity contribution in [2.45, 2.75) is 26.8 Å². The molecule has 1 aliphatic heterocycles. The Labute approximate surface area is 198 Å². The lowest BCUT2D eigenvalue weighted by molar-refractivity contribution is -0.130. The van der Waals surface area contributed by atoms with Crippen LogP contribution in [-0.2, 0) is 16.1 Å². The molecule has 8 heteroatoms. The van der Waals surface area contributed by atoms with Gasteiger partial charge in [-0.05, 0) is 54.8 Å². The van der Waals surface area contributed by atoms with E-state index in [4.69, 9.17) is 14.2 Å². The first-order valence-corrected chi connectivity index (χ1v) is 11.1. The van der Waals surface area contributed by atoms with E-state index in [9.17, 15) is 14.4 Å². The first kappa shape index (κ1) is 24.6. The number of nitrogens with zero attached hydrogens (tertiary/aromatic N) is 1. The van der Waals surface area contributed by atoms with Gasteiger partial charge in [-0.2, -0.15) is 0 Å². The number of urea groups is 1. The molecule has 178 valence electrons. The van der Waals surface area contributed by atoms with Crippen molar-refractivity contribution in [1.82, 2.24) is 10.2 Å². The molecule has 0 saturated carbocycles. The molecule has 0 atom stereocenters. The number of hydrogen-bond acceptors (Lipinski definition) is 6. The lowest BCUT2D eigenvalue weighted by Crippen LogP contribution is -2.53. The fraction of sp³-hybridized carbons (Fsp3) is 0.269. The van der Waals surface area contributed by atoms with Gasteiger partial charge in [0.1, 0.15) is 17.9 Å². The molecule has 0 aliphatic carbocycles. The van der Waals surface area contributed by atoms with Crippen molar-refractivity contribution in [3.63, 3.8) is 0 Å². The predicted octanol–water partition coefficient (Wildman–Crippen LogP) is 4.10. The molecule has 34 heavy (non-hydrogen) atoms. The monoisotopic (exact) mass is 464 g/mol. The summed E-state index contributed by atoms with van der Waals surface area (Å²) in [5, 5.41) is 2.24. The van der Waals surface area contributed by atoms with Crippen LogP contribution < -0.4 is 19.5 Å². The zero-order valence-corrected chi connectivity index (χ0v) is 19.3. The highest BCUT2D eigenvalue weighted by Gasteiger charge is 2.35. The van der Waals surface area contributed by atoms with Crippen LogP contribution in [0.15, 0.2) is 60.7 Å². The van der Waals surface area contributed by atoms with Gasteiger partial charge in [0.25, 0.3) is 11.8 Å². The standard InChI is InChI=1S/C26H28N2O6/c1-4-12-33-20-9-7-8-18(14-20)15-21-24(29)27-26(31)28(25(21)30)17-19-10-11-22(34-13-5-2)23(16-19)32-6-3/h4,7-11,14-16H,1,5-6,12-13,17H2,2-3H3,(H,27,29,31)/b21-15-. The van der Waals surface area contributed by atoms with Gasteiger partial charge in [-0.25, -0.2) is 4.79 Å². The normalized spacial score (nSPS) is 14.7. The first-order chi connectivity index (χ1) is 16.5. The number of amides is 4. The highest BCUT2D eigenvalue weighted by Crippen LogP contribution is 2.30. The Balaban J connectivity index is 1.84. The molecule has 1 aliphatic rings. The van der Waals surface area contributed by atoms with Crippen LogP contribution in [0.4, 0.5) is 4.79 Å². The molecule has 1 fully saturated rings. The van der Waals surface area contributed by atoms with Crippen molar-refractivity contribution >= 4 is 23.9 Å². The Morgan fingerprint density at radius 1 is 1.00 bits per heavy atom. The number of ether oxygens (including phenoxy) is 3. The number of benzene rings is 2. The summed E-state index contributed by atoms with van der Waals surface area (Å²) >= 11 is 0. The first-order valence-electron chi connectivity index (χ1n) is 11.1. The molecule has 4 amide bonds. The largest absolute Gasteiger partial charge is 0.490 e. The summed E-state index contributed by atoms with van der Waals surface area (Å²) in [6.45, 7) is 8.75. The van der Waals surface area contributed by atoms with Crippen molar-refractivity contribution in [1.29, 1.82) is 0 Å². The second-order valence-electron chi connectivity index (χ2n) is 7.44. The number of barbiturate groups is 1. The molecule has 1 N–H and O–H groups in total. The van der Waals surface area contributed by atoms with E-state index in [0.29, 0.717) is 48.2 Å². The molecule has 0 unspecified atom stereocenters. The second kappa shape index (κ2) is 11.7. The van der Waals surface area contributed by atoms with Crippen molar-refractivity contribution in [2.24, 2.45) is 0 Å². The van der Waals surface area contributed by atoms with Gasteiger partial charge in [-0.1, -0.05) is 37.8 Å². The molecule has 1 saturated heterocycles. The molecule has 0 bridgehead atoms. The lowest BCUT2D eigenvalue weighted by atomic mass is 10.1. The Hall–Kier alpha value is -4.07. The SMILES string of the molecule is C=CCOc1cccc(/C=C2/C(=O)NC(=O)N(Cc3ccc(OCCC)c(OCC)c3)C2=O)c1. The zero-order valence-electron chi connectivity index (χ0n) is 19.3. The van der Waals surface area contributed by atoms with Crippen LogP contribution >= 0.6 is 0 Å². The second-order valence-corrected chi connectivity index (χ2v) is 7.44. The number of carbonyl (C=O) groups excluding carboxylic acids is 3. The van der Waals surface area contributed by atoms with Crippen molar-refractivity contribution in [3.05, 3.63) is 71.8 Å². The molecule has 1 heterocycles. The van der Waals surface area contributed by atoms with E-state index < -0.39 is 17.8 Å². The summed E-state index contributed by atoms with van der Waals surface area (Å²) in [6, 6.07) is 11.4. The third-order valence-electron chi connectivity index (χ3n) is 4.83. The van der Waals surface area contributed by atoms with Gasteiger partial charge in [0.15, 0.2) is 11.5 Å². The molecule has 0 spiro atoms. The summed E-state index contributed by atoms with van der Waals surface area (Å²) < 4.78 is 16.9. The van der Waals surface area contributed by atoms with Gasteiger partial charge in [0.05, 0.1) is 19.8 Å². The van der Waals surface area contributed by atoms with E-state index in [1.807, 2.05) is 13.8 Å². The predicted molar refractivity (Wildman–Crippen MR) is 128 cm³/mol. The van der Waals surface area contributed by atoms with Gasteiger partial charge in [-0.15, -0.1) is 0 Å². The van der Waals surface area contributed by atoms with Crippen LogP contribution in [0, 0.1) is 0 Å². The summed E-state index contributed by atoms with van der Waals surface area (Å²) in [6.07, 6.45) is 3.90. The minimum Gasteiger partial charge on any atom is -0.490 e. The Kier molecular flexibility index (Phi) is 8.45. The number of rotatable bonds is 11. The van der Waals surface area contributed by atoms with E-state index in [0.717, 1.165) is 11.3 Å². The van der Waals surface area contributed by atoms with Crippen LogP contribution in [0.5, 0.6) is 17.2 Å². The zero-order chi connectivity index (χ0) is 24.5. The summed E-state index contributed by atoms with van der Waals surface area (Å²) in [4.78, 5) is 39.0. The topological polar surface area (TPSA) is 94.2 Å². The molecular weight excluding hydrogens is 436 g/mol. The Bertz CT molecular complexity index is 1110. The fourth-order valence-corrected chi connectivity index (χ4v) is 3.29. The number of carbonyl (C=O) groups is 3. The van der Waals surface area contributed by atoms with Crippen LogP contribution in [0.25, 0.3) is 6.08 Å². The van der Waals surface area contributed by atoms with E-state index in [-0.39, 0.29) is 12.1 Å². The van der Waals surface area contributed by atoms with Crippen molar-refractivity contribution < 1.29 is 28.6 Å². The maximum absolute atomic E-state index is 13.1. The average molecular weight is 465 g/mol. The maximum Gasteiger partial charge on any atom is 0.331 e. The minimum atomic E-state index is -0.778. The highest BCUT2D eigenvalue weighted by molar-refractivity contribution is 6.30. The van der Waals surface area contributed by atoms with Crippen LogP contribution in [-0.4, -0.2) is 42.6 Å². The highest BCUT2D eigenvalue weighted by atomic mass is 16.5. The van der Waals surface area contributed by atoms with E-state index >= 15 is 0 Å². The summed E-state index contributed by atoms with van der Waals surface area (Å²) in [7, 11) is 0. The average Bonchev–Trinajstić information content (AvgIpc) is 2.83. The minimum absolute atomic E-state index is 0.0358. The molecule has 2 aromatic rings. The van der Waals surface area contributed by atoms with Gasteiger partial charge in [0, 0.05) is 0 Å². The molecule has 0 radical (unpaired) electrons. The van der Waals surface area contributed by atoms with Crippen molar-refractivity contribution in [3.8, 4) is 17.2 Å². The summed E-state index contributed by atoms with van der Waals surface area (Å²) in [5.41, 5.74) is 1.10. The van der Waals surface area contributed by atoms with Gasteiger partial charge < -0.3 is 14.2 Å². The molecule has 0 aromatic heterocycles. The Morgan fingerprint density at radius 3 is 2.56 bits per heavy atom. The van der Waals surface area contributed by atoms with Crippen LogP contribution in [0.3, 0.4) is 0 Å². The molecule has 2 aromatic carbocycles. The fourth-order valence-electron chi connectivity index (χ4n) is 3.29. The third kappa shape index (κ3) is 6.04. The van der Waals surface area contributed by atoms with Crippen LogP contribution in [0.2, 0.25) is 0 Å². The van der Waals surface area contributed by atoms with Gasteiger partial charge in [-0.3, -0.25) is 19.8 Å². The summed E-state index contributed by atoms with van der Waals surface area (Å²) in [5.74, 6) is 0.259. The van der Waals surface area contributed by atoms with Gasteiger partial charge >= 0.3 is 6.03 Å². The van der Waals surface area contributed by atoms with Gasteiger partial charge in [0.2, 0.25) is 0 Å². The quantitative estimate of drug-likeness (QED) is 0.306. The smallest absolute Gasteiger partial charge is 0.331 e. The maximum atomic E-state index is 13.1. The van der Waals surface area contributed by atoms with Crippen LogP contribution in [0.1, 0.15) is 31.4 Å².